The third kappa shape index (κ3) is 6.27. The van der Waals surface area contributed by atoms with E-state index in [0.717, 1.165) is 38.6 Å². The Labute approximate surface area is 246 Å². The Kier molecular flexibility index (Phi) is 8.20. The number of anilines is 1. The lowest BCUT2D eigenvalue weighted by molar-refractivity contribution is -0.127. The molecule has 0 atom stereocenters. The monoisotopic (exact) mass is 664 g/mol. The maximum absolute atomic E-state index is 12.9. The summed E-state index contributed by atoms with van der Waals surface area (Å²) < 4.78 is 7.54. The summed E-state index contributed by atoms with van der Waals surface area (Å²) in [5.74, 6) is -0.325. The summed E-state index contributed by atoms with van der Waals surface area (Å²) in [7, 11) is 0. The standard InChI is InChI=1S/C30H22Br2N2O4S/c1-18-9-11-22(12-10-18)33-27(35)16-34-29(36)26(39-30(34)37)15-19-13-24(31)28(25(32)14-19)38-17-21-7-4-6-20-5-2-3-8-23(20)21/h2-15H,16-17H2,1H3,(H,33,35)/b26-15-. The van der Waals surface area contributed by atoms with Crippen LogP contribution in [0.5, 0.6) is 5.75 Å². The molecule has 5 rings (SSSR count). The molecule has 1 saturated heterocycles. The van der Waals surface area contributed by atoms with Crippen LogP contribution in [0.25, 0.3) is 16.8 Å². The fourth-order valence-electron chi connectivity index (χ4n) is 4.14. The molecule has 0 unspecified atom stereocenters. The first-order valence-corrected chi connectivity index (χ1v) is 14.4. The zero-order valence-corrected chi connectivity index (χ0v) is 24.7. The molecule has 1 aliphatic rings. The minimum absolute atomic E-state index is 0.242. The largest absolute Gasteiger partial charge is 0.487 e. The summed E-state index contributed by atoms with van der Waals surface area (Å²) in [6.07, 6.45) is 1.63. The summed E-state index contributed by atoms with van der Waals surface area (Å²) in [5.41, 5.74) is 3.43. The first-order chi connectivity index (χ1) is 18.8. The van der Waals surface area contributed by atoms with Crippen molar-refractivity contribution in [2.45, 2.75) is 13.5 Å². The van der Waals surface area contributed by atoms with Crippen LogP contribution in [0.2, 0.25) is 0 Å². The molecule has 3 amide bonds. The Morgan fingerprint density at radius 1 is 0.974 bits per heavy atom. The van der Waals surface area contributed by atoms with E-state index < -0.39 is 17.1 Å². The number of nitrogens with one attached hydrogen (secondary N) is 1. The molecular formula is C30H22Br2N2O4S. The number of fused-ring (bicyclic) bond motifs is 1. The van der Waals surface area contributed by atoms with Gasteiger partial charge in [-0.3, -0.25) is 19.3 Å². The van der Waals surface area contributed by atoms with E-state index in [4.69, 9.17) is 4.74 Å². The number of thioether (sulfide) groups is 1. The van der Waals surface area contributed by atoms with Gasteiger partial charge in [0.1, 0.15) is 18.9 Å². The van der Waals surface area contributed by atoms with Crippen molar-refractivity contribution in [3.05, 3.63) is 109 Å². The van der Waals surface area contributed by atoms with Crippen LogP contribution in [0.3, 0.4) is 0 Å². The molecule has 9 heteroatoms. The van der Waals surface area contributed by atoms with Crippen molar-refractivity contribution in [3.63, 3.8) is 0 Å². The fourth-order valence-corrected chi connectivity index (χ4v) is 6.43. The first-order valence-electron chi connectivity index (χ1n) is 12.0. The van der Waals surface area contributed by atoms with Crippen LogP contribution >= 0.6 is 43.6 Å². The van der Waals surface area contributed by atoms with E-state index >= 15 is 0 Å². The molecule has 1 heterocycles. The fraction of sp³-hybridized carbons (Fsp3) is 0.100. The van der Waals surface area contributed by atoms with Gasteiger partial charge < -0.3 is 10.1 Å². The number of imide groups is 1. The van der Waals surface area contributed by atoms with Gasteiger partial charge in [-0.05, 0) is 103 Å². The van der Waals surface area contributed by atoms with Gasteiger partial charge in [0.05, 0.1) is 13.9 Å². The zero-order valence-electron chi connectivity index (χ0n) is 20.7. The Morgan fingerprint density at radius 3 is 2.41 bits per heavy atom. The van der Waals surface area contributed by atoms with Gasteiger partial charge in [-0.2, -0.15) is 0 Å². The second-order valence-corrected chi connectivity index (χ2v) is 11.6. The minimum Gasteiger partial charge on any atom is -0.487 e. The van der Waals surface area contributed by atoms with Crippen molar-refractivity contribution in [2.75, 3.05) is 11.9 Å². The lowest BCUT2D eigenvalue weighted by Gasteiger charge is -2.13. The van der Waals surface area contributed by atoms with Gasteiger partial charge in [-0.15, -0.1) is 0 Å². The number of hydrogen-bond donors (Lipinski definition) is 1. The highest BCUT2D eigenvalue weighted by Crippen LogP contribution is 2.38. The summed E-state index contributed by atoms with van der Waals surface area (Å²) >= 11 is 7.95. The van der Waals surface area contributed by atoms with Gasteiger partial charge in [0.15, 0.2) is 0 Å². The van der Waals surface area contributed by atoms with E-state index in [1.807, 2.05) is 55.5 Å². The summed E-state index contributed by atoms with van der Waals surface area (Å²) in [6.45, 7) is 1.97. The zero-order chi connectivity index (χ0) is 27.5. The van der Waals surface area contributed by atoms with Gasteiger partial charge in [0.2, 0.25) is 5.91 Å². The van der Waals surface area contributed by atoms with Crippen LogP contribution in [0.15, 0.2) is 92.7 Å². The number of amides is 3. The molecule has 0 bridgehead atoms. The highest BCUT2D eigenvalue weighted by atomic mass is 79.9. The molecule has 1 fully saturated rings. The molecule has 0 aromatic heterocycles. The van der Waals surface area contributed by atoms with E-state index in [2.05, 4.69) is 55.4 Å². The molecular weight excluding hydrogens is 644 g/mol. The Bertz CT molecular complexity index is 1610. The molecule has 39 heavy (non-hydrogen) atoms. The lowest BCUT2D eigenvalue weighted by Crippen LogP contribution is -2.36. The van der Waals surface area contributed by atoms with Crippen LogP contribution in [0, 0.1) is 6.92 Å². The van der Waals surface area contributed by atoms with Crippen molar-refractivity contribution in [3.8, 4) is 5.75 Å². The minimum atomic E-state index is -0.507. The predicted octanol–water partition coefficient (Wildman–Crippen LogP) is 7.93. The highest BCUT2D eigenvalue weighted by molar-refractivity contribution is 9.11. The number of carbonyl (C=O) groups excluding carboxylic acids is 3. The van der Waals surface area contributed by atoms with Crippen molar-refractivity contribution in [1.29, 1.82) is 0 Å². The van der Waals surface area contributed by atoms with Crippen molar-refractivity contribution in [2.24, 2.45) is 0 Å². The molecule has 0 radical (unpaired) electrons. The molecule has 0 aliphatic carbocycles. The van der Waals surface area contributed by atoms with Crippen molar-refractivity contribution >= 4 is 83.2 Å². The number of hydrogen-bond acceptors (Lipinski definition) is 5. The number of carbonyl (C=O) groups is 3. The molecule has 6 nitrogen and oxygen atoms in total. The van der Waals surface area contributed by atoms with Crippen molar-refractivity contribution in [1.82, 2.24) is 4.90 Å². The number of rotatable bonds is 7. The van der Waals surface area contributed by atoms with E-state index in [9.17, 15) is 14.4 Å². The Balaban J connectivity index is 1.27. The van der Waals surface area contributed by atoms with Gasteiger partial charge in [0.25, 0.3) is 11.1 Å². The average molecular weight is 666 g/mol. The van der Waals surface area contributed by atoms with Crippen LogP contribution in [-0.2, 0) is 16.2 Å². The molecule has 196 valence electrons. The van der Waals surface area contributed by atoms with E-state index in [1.54, 1.807) is 18.2 Å². The molecule has 4 aromatic carbocycles. The number of aryl methyl sites for hydroxylation is 1. The molecule has 1 N–H and O–H groups in total. The number of ether oxygens (including phenoxy) is 1. The summed E-state index contributed by atoms with van der Waals surface area (Å²) in [4.78, 5) is 39.1. The molecule has 0 saturated carbocycles. The first kappa shape index (κ1) is 27.2. The number of benzene rings is 4. The van der Waals surface area contributed by atoms with Crippen molar-refractivity contribution < 1.29 is 19.1 Å². The SMILES string of the molecule is Cc1ccc(NC(=O)CN2C(=O)S/C(=C\c3cc(Br)c(OCc4cccc5ccccc45)c(Br)c3)C2=O)cc1. The molecule has 4 aromatic rings. The Morgan fingerprint density at radius 2 is 1.67 bits per heavy atom. The van der Waals surface area contributed by atoms with E-state index in [1.165, 1.54) is 0 Å². The van der Waals surface area contributed by atoms with Crippen LogP contribution in [-0.4, -0.2) is 28.5 Å². The van der Waals surface area contributed by atoms with Crippen LogP contribution in [0.1, 0.15) is 16.7 Å². The Hall–Kier alpha value is -3.40. The normalized spacial score (nSPS) is 14.3. The number of halogens is 2. The third-order valence-corrected chi connectivity index (χ3v) is 8.17. The van der Waals surface area contributed by atoms with Gasteiger partial charge in [-0.1, -0.05) is 60.2 Å². The van der Waals surface area contributed by atoms with E-state index in [0.29, 0.717) is 32.6 Å². The highest BCUT2D eigenvalue weighted by Gasteiger charge is 2.36. The topological polar surface area (TPSA) is 75.7 Å². The maximum Gasteiger partial charge on any atom is 0.294 e. The lowest BCUT2D eigenvalue weighted by atomic mass is 10.1. The van der Waals surface area contributed by atoms with Gasteiger partial charge in [0, 0.05) is 5.69 Å². The van der Waals surface area contributed by atoms with Gasteiger partial charge in [-0.25, -0.2) is 0 Å². The number of nitrogens with zero attached hydrogens (tertiary/aromatic N) is 1. The van der Waals surface area contributed by atoms with E-state index in [-0.39, 0.29) is 11.4 Å². The predicted molar refractivity (Wildman–Crippen MR) is 163 cm³/mol. The third-order valence-electron chi connectivity index (χ3n) is 6.08. The second-order valence-electron chi connectivity index (χ2n) is 8.92. The second kappa shape index (κ2) is 11.8. The van der Waals surface area contributed by atoms with Crippen LogP contribution < -0.4 is 10.1 Å². The smallest absolute Gasteiger partial charge is 0.294 e. The molecule has 1 aliphatic heterocycles. The molecule has 0 spiro atoms. The summed E-state index contributed by atoms with van der Waals surface area (Å²) in [5, 5.41) is 4.51. The van der Waals surface area contributed by atoms with Gasteiger partial charge >= 0.3 is 0 Å². The summed E-state index contributed by atoms with van der Waals surface area (Å²) in [6, 6.07) is 25.2. The average Bonchev–Trinajstić information content (AvgIpc) is 3.16. The maximum atomic E-state index is 12.9. The van der Waals surface area contributed by atoms with Crippen LogP contribution in [0.4, 0.5) is 10.5 Å². The quantitative estimate of drug-likeness (QED) is 0.203.